The summed E-state index contributed by atoms with van der Waals surface area (Å²) in [6.07, 6.45) is 6.16. The van der Waals surface area contributed by atoms with Crippen LogP contribution < -0.4 is 10.3 Å². The molecule has 0 spiro atoms. The van der Waals surface area contributed by atoms with E-state index < -0.39 is 11.5 Å². The minimum absolute atomic E-state index is 0.0500. The highest BCUT2D eigenvalue weighted by Gasteiger charge is 2.24. The van der Waals surface area contributed by atoms with E-state index in [1.54, 1.807) is 18.2 Å². The van der Waals surface area contributed by atoms with E-state index >= 15 is 0 Å². The van der Waals surface area contributed by atoms with Gasteiger partial charge in [-0.3, -0.25) is 9.89 Å². The molecule has 0 bridgehead atoms. The smallest absolute Gasteiger partial charge is 0.358 e. The van der Waals surface area contributed by atoms with Crippen LogP contribution in [0.2, 0.25) is 0 Å². The first-order valence-electron chi connectivity index (χ1n) is 15.0. The van der Waals surface area contributed by atoms with Gasteiger partial charge in [-0.15, -0.1) is 21.6 Å². The molecular formula is C33H40N6O4S. The van der Waals surface area contributed by atoms with E-state index in [0.29, 0.717) is 22.1 Å². The quantitative estimate of drug-likeness (QED) is 0.0811. The number of aromatic amines is 1. The summed E-state index contributed by atoms with van der Waals surface area (Å²) in [5, 5.41) is 22.8. The van der Waals surface area contributed by atoms with E-state index in [9.17, 15) is 9.59 Å². The van der Waals surface area contributed by atoms with Gasteiger partial charge in [0.2, 0.25) is 0 Å². The number of aryl methyl sites for hydroxylation is 2. The highest BCUT2D eigenvalue weighted by Crippen LogP contribution is 2.36. The third-order valence-electron chi connectivity index (χ3n) is 7.39. The van der Waals surface area contributed by atoms with Crippen molar-refractivity contribution in [1.29, 1.82) is 0 Å². The number of carbonyl (C=O) groups is 1. The standard InChI is InChI=1S/C33H40N6O4S/c1-6-9-10-13-24(8-3)21-43-33(41)31-30(32(40)39(38-31)29-16-12-17-44-29)37-36-27-18-22(4)26(20-28(27)42-5)35-34-25-15-11-14-23(7-2)19-25/h11-12,14-20,24,38H,6-10,13,21H2,1-5H3. The zero-order valence-corrected chi connectivity index (χ0v) is 26.8. The van der Waals surface area contributed by atoms with Gasteiger partial charge in [0.05, 0.1) is 25.1 Å². The number of nitrogens with zero attached hydrogens (tertiary/aromatic N) is 5. The zero-order chi connectivity index (χ0) is 31.5. The van der Waals surface area contributed by atoms with Gasteiger partial charge in [0.1, 0.15) is 16.4 Å². The lowest BCUT2D eigenvalue weighted by atomic mass is 10.00. The van der Waals surface area contributed by atoms with E-state index in [1.165, 1.54) is 28.7 Å². The predicted molar refractivity (Wildman–Crippen MR) is 174 cm³/mol. The van der Waals surface area contributed by atoms with Crippen LogP contribution in [-0.4, -0.2) is 29.5 Å². The van der Waals surface area contributed by atoms with Crippen LogP contribution >= 0.6 is 11.3 Å². The van der Waals surface area contributed by atoms with Crippen molar-refractivity contribution in [3.63, 3.8) is 0 Å². The summed E-state index contributed by atoms with van der Waals surface area (Å²) < 4.78 is 12.5. The summed E-state index contributed by atoms with van der Waals surface area (Å²) in [5.74, 6) is -0.00164. The first kappa shape index (κ1) is 32.5. The molecule has 1 N–H and O–H groups in total. The molecule has 0 amide bonds. The Kier molecular flexibility index (Phi) is 11.8. The maximum atomic E-state index is 13.4. The highest BCUT2D eigenvalue weighted by molar-refractivity contribution is 7.12. The molecule has 1 unspecified atom stereocenters. The molecule has 0 saturated heterocycles. The summed E-state index contributed by atoms with van der Waals surface area (Å²) in [6.45, 7) is 8.49. The summed E-state index contributed by atoms with van der Waals surface area (Å²) in [5.41, 5.74) is 3.01. The van der Waals surface area contributed by atoms with Gasteiger partial charge in [0.15, 0.2) is 11.4 Å². The second-order valence-electron chi connectivity index (χ2n) is 10.5. The van der Waals surface area contributed by atoms with Gasteiger partial charge in [0.25, 0.3) is 0 Å². The summed E-state index contributed by atoms with van der Waals surface area (Å²) in [6, 6.07) is 15.0. The fourth-order valence-electron chi connectivity index (χ4n) is 4.64. The second kappa shape index (κ2) is 15.9. The van der Waals surface area contributed by atoms with Crippen molar-refractivity contribution < 1.29 is 14.3 Å². The Balaban J connectivity index is 1.62. The predicted octanol–water partition coefficient (Wildman–Crippen LogP) is 9.70. The number of nitrogens with one attached hydrogen (secondary N) is 1. The minimum Gasteiger partial charge on any atom is -0.494 e. The number of azo groups is 2. The molecule has 232 valence electrons. The van der Waals surface area contributed by atoms with Crippen molar-refractivity contribution in [2.24, 2.45) is 26.4 Å². The maximum Gasteiger partial charge on any atom is 0.358 e. The SMILES string of the molecule is CCCCCC(CC)COC(=O)c1[nH]n(-c2cccs2)c(=O)c1N=Nc1cc(C)c(N=Nc2cccc(CC)c2)cc1OC. The summed E-state index contributed by atoms with van der Waals surface area (Å²) in [4.78, 5) is 26.7. The number of hydrogen-bond donors (Lipinski definition) is 1. The van der Waals surface area contributed by atoms with Gasteiger partial charge >= 0.3 is 11.5 Å². The van der Waals surface area contributed by atoms with Crippen molar-refractivity contribution in [1.82, 2.24) is 9.78 Å². The first-order chi connectivity index (χ1) is 21.4. The number of hydrogen-bond acceptors (Lipinski definition) is 9. The minimum atomic E-state index is -0.647. The van der Waals surface area contributed by atoms with E-state index in [2.05, 4.69) is 52.4 Å². The molecule has 0 saturated carbocycles. The summed E-state index contributed by atoms with van der Waals surface area (Å²) in [7, 11) is 1.52. The van der Waals surface area contributed by atoms with E-state index in [0.717, 1.165) is 49.8 Å². The fourth-order valence-corrected chi connectivity index (χ4v) is 5.32. The van der Waals surface area contributed by atoms with Gasteiger partial charge in [-0.2, -0.15) is 10.2 Å². The molecule has 0 aliphatic rings. The van der Waals surface area contributed by atoms with Crippen LogP contribution in [0.25, 0.3) is 5.00 Å². The Hall–Kier alpha value is -4.38. The van der Waals surface area contributed by atoms with E-state index in [4.69, 9.17) is 9.47 Å². The molecule has 0 fully saturated rings. The Bertz CT molecular complexity index is 1660. The molecule has 2 aromatic carbocycles. The molecule has 2 heterocycles. The van der Waals surface area contributed by atoms with Crippen molar-refractivity contribution in [3.05, 3.63) is 81.1 Å². The number of H-pyrrole nitrogens is 1. The summed E-state index contributed by atoms with van der Waals surface area (Å²) >= 11 is 1.35. The molecular weight excluding hydrogens is 576 g/mol. The van der Waals surface area contributed by atoms with Crippen LogP contribution in [-0.2, 0) is 11.2 Å². The molecule has 0 aliphatic heterocycles. The van der Waals surface area contributed by atoms with E-state index in [-0.39, 0.29) is 23.9 Å². The average molecular weight is 617 g/mol. The lowest BCUT2D eigenvalue weighted by Crippen LogP contribution is -2.15. The molecule has 0 aliphatic carbocycles. The van der Waals surface area contributed by atoms with Gasteiger partial charge in [-0.25, -0.2) is 9.48 Å². The third-order valence-corrected chi connectivity index (χ3v) is 8.24. The molecule has 4 rings (SSSR count). The van der Waals surface area contributed by atoms with Gasteiger partial charge in [-0.1, -0.05) is 58.6 Å². The number of thiophene rings is 1. The highest BCUT2D eigenvalue weighted by atomic mass is 32.1. The van der Waals surface area contributed by atoms with Gasteiger partial charge < -0.3 is 9.47 Å². The number of methoxy groups -OCH3 is 1. The third kappa shape index (κ3) is 8.16. The molecule has 0 radical (unpaired) electrons. The number of carbonyl (C=O) groups excluding carboxylic acids is 1. The first-order valence-corrected chi connectivity index (χ1v) is 15.9. The number of ether oxygens (including phenoxy) is 2. The number of benzene rings is 2. The monoisotopic (exact) mass is 616 g/mol. The average Bonchev–Trinajstić information content (AvgIpc) is 3.69. The largest absolute Gasteiger partial charge is 0.494 e. The molecule has 4 aromatic rings. The number of rotatable bonds is 15. The fraction of sp³-hybridized carbons (Fsp3) is 0.394. The van der Waals surface area contributed by atoms with Crippen molar-refractivity contribution >= 4 is 40.1 Å². The van der Waals surface area contributed by atoms with E-state index in [1.807, 2.05) is 36.6 Å². The van der Waals surface area contributed by atoms with Crippen molar-refractivity contribution in [3.8, 4) is 10.8 Å². The maximum absolute atomic E-state index is 13.4. The Labute approximate surface area is 261 Å². The van der Waals surface area contributed by atoms with Gasteiger partial charge in [0, 0.05) is 6.07 Å². The van der Waals surface area contributed by atoms with Crippen LogP contribution in [0.4, 0.5) is 22.7 Å². The number of aromatic nitrogens is 2. The van der Waals surface area contributed by atoms with Crippen LogP contribution in [0, 0.1) is 12.8 Å². The van der Waals surface area contributed by atoms with Crippen LogP contribution in [0.3, 0.4) is 0 Å². The molecule has 1 atom stereocenters. The Morgan fingerprint density at radius 2 is 1.82 bits per heavy atom. The van der Waals surface area contributed by atoms with Crippen molar-refractivity contribution in [2.45, 2.75) is 66.2 Å². The number of unbranched alkanes of at least 4 members (excludes halogenated alkanes) is 2. The normalized spacial score (nSPS) is 12.3. The molecule has 44 heavy (non-hydrogen) atoms. The number of esters is 1. The van der Waals surface area contributed by atoms with Crippen molar-refractivity contribution in [2.75, 3.05) is 13.7 Å². The molecule has 2 aromatic heterocycles. The lowest BCUT2D eigenvalue weighted by molar-refractivity contribution is 0.0421. The van der Waals surface area contributed by atoms with Crippen LogP contribution in [0.5, 0.6) is 5.75 Å². The molecule has 10 nitrogen and oxygen atoms in total. The van der Waals surface area contributed by atoms with Gasteiger partial charge in [-0.05, 0) is 72.5 Å². The van der Waals surface area contributed by atoms with Crippen LogP contribution in [0.15, 0.2) is 79.2 Å². The Morgan fingerprint density at radius 1 is 1.00 bits per heavy atom. The Morgan fingerprint density at radius 3 is 2.52 bits per heavy atom. The second-order valence-corrected chi connectivity index (χ2v) is 11.5. The van der Waals surface area contributed by atoms with Crippen LogP contribution in [0.1, 0.15) is 74.5 Å². The zero-order valence-electron chi connectivity index (χ0n) is 26.0. The topological polar surface area (TPSA) is 123 Å². The lowest BCUT2D eigenvalue weighted by Gasteiger charge is -2.14. The molecule has 11 heteroatoms.